The average molecular weight is 245 g/mol. The van der Waals surface area contributed by atoms with Gasteiger partial charge in [0.05, 0.1) is 6.04 Å². The fourth-order valence-corrected chi connectivity index (χ4v) is 2.92. The lowest BCUT2D eigenvalue weighted by Gasteiger charge is -2.25. The first-order valence-corrected chi connectivity index (χ1v) is 6.63. The number of likely N-dealkylation sites (tertiary alicyclic amines) is 1. The van der Waals surface area contributed by atoms with Gasteiger partial charge >= 0.3 is 0 Å². The van der Waals surface area contributed by atoms with Crippen LogP contribution < -0.4 is 5.32 Å². The van der Waals surface area contributed by atoms with Gasteiger partial charge in [-0.3, -0.25) is 9.78 Å². The smallest absolute Gasteiger partial charge is 0.240 e. The van der Waals surface area contributed by atoms with Gasteiger partial charge in [0.15, 0.2) is 0 Å². The van der Waals surface area contributed by atoms with Gasteiger partial charge in [0.25, 0.3) is 0 Å². The summed E-state index contributed by atoms with van der Waals surface area (Å²) < 4.78 is 0. The van der Waals surface area contributed by atoms with Crippen molar-refractivity contribution in [2.24, 2.45) is 11.8 Å². The zero-order valence-electron chi connectivity index (χ0n) is 10.7. The van der Waals surface area contributed by atoms with E-state index in [1.165, 1.54) is 6.42 Å². The van der Waals surface area contributed by atoms with E-state index >= 15 is 0 Å². The van der Waals surface area contributed by atoms with Crippen molar-refractivity contribution in [3.05, 3.63) is 30.1 Å². The van der Waals surface area contributed by atoms with E-state index < -0.39 is 0 Å². The van der Waals surface area contributed by atoms with Crippen LogP contribution in [0.3, 0.4) is 0 Å². The number of nitrogens with zero attached hydrogens (tertiary/aromatic N) is 2. The summed E-state index contributed by atoms with van der Waals surface area (Å²) in [5, 5.41) is 3.16. The Morgan fingerprint density at radius 3 is 3.06 bits per heavy atom. The predicted molar refractivity (Wildman–Crippen MR) is 68.7 cm³/mol. The minimum atomic E-state index is -0.000767. The van der Waals surface area contributed by atoms with Crippen molar-refractivity contribution in [2.75, 3.05) is 13.6 Å². The molecule has 0 aromatic carbocycles. The van der Waals surface area contributed by atoms with Crippen LogP contribution in [-0.2, 0) is 11.3 Å². The van der Waals surface area contributed by atoms with Crippen LogP contribution in [0.1, 0.15) is 18.4 Å². The number of amides is 1. The van der Waals surface area contributed by atoms with Crippen LogP contribution in [0.15, 0.2) is 24.5 Å². The Morgan fingerprint density at radius 1 is 1.44 bits per heavy atom. The Labute approximate surface area is 107 Å². The minimum Gasteiger partial charge on any atom is -0.337 e. The van der Waals surface area contributed by atoms with E-state index in [1.807, 2.05) is 30.3 Å². The first-order valence-electron chi connectivity index (χ1n) is 6.63. The SMILES string of the molecule is CNC1CC2CC2CN(Cc2cccnc2)C1=O. The Hall–Kier alpha value is -1.42. The second-order valence-corrected chi connectivity index (χ2v) is 5.41. The quantitative estimate of drug-likeness (QED) is 0.865. The summed E-state index contributed by atoms with van der Waals surface area (Å²) in [7, 11) is 1.88. The molecule has 3 atom stereocenters. The van der Waals surface area contributed by atoms with Crippen LogP contribution in [0.4, 0.5) is 0 Å². The third-order valence-corrected chi connectivity index (χ3v) is 4.12. The summed E-state index contributed by atoms with van der Waals surface area (Å²) in [6.07, 6.45) is 5.90. The number of likely N-dealkylation sites (N-methyl/N-ethyl adjacent to an activating group) is 1. The van der Waals surface area contributed by atoms with Gasteiger partial charge in [-0.25, -0.2) is 0 Å². The normalized spacial score (nSPS) is 30.8. The van der Waals surface area contributed by atoms with Crippen LogP contribution in [0.2, 0.25) is 0 Å². The maximum Gasteiger partial charge on any atom is 0.240 e. The van der Waals surface area contributed by atoms with E-state index in [0.29, 0.717) is 6.54 Å². The third kappa shape index (κ3) is 2.25. The molecule has 1 saturated carbocycles. The van der Waals surface area contributed by atoms with Gasteiger partial charge in [-0.1, -0.05) is 6.07 Å². The Bertz CT molecular complexity index is 434. The molecule has 18 heavy (non-hydrogen) atoms. The van der Waals surface area contributed by atoms with Crippen molar-refractivity contribution in [2.45, 2.75) is 25.4 Å². The first-order chi connectivity index (χ1) is 8.78. The maximum absolute atomic E-state index is 12.4. The molecule has 3 unspecified atom stereocenters. The summed E-state index contributed by atoms with van der Waals surface area (Å²) in [6, 6.07) is 3.95. The molecule has 0 spiro atoms. The van der Waals surface area contributed by atoms with Crippen molar-refractivity contribution in [3.63, 3.8) is 0 Å². The fraction of sp³-hybridized carbons (Fsp3) is 0.571. The molecule has 1 amide bonds. The van der Waals surface area contributed by atoms with E-state index in [0.717, 1.165) is 30.4 Å². The van der Waals surface area contributed by atoms with Crippen molar-refractivity contribution in [1.82, 2.24) is 15.2 Å². The van der Waals surface area contributed by atoms with Gasteiger partial charge in [0.1, 0.15) is 0 Å². The van der Waals surface area contributed by atoms with Gasteiger partial charge in [0, 0.05) is 25.5 Å². The lowest BCUT2D eigenvalue weighted by molar-refractivity contribution is -0.133. The summed E-state index contributed by atoms with van der Waals surface area (Å²) in [6.45, 7) is 1.60. The van der Waals surface area contributed by atoms with Crippen molar-refractivity contribution in [1.29, 1.82) is 0 Å². The number of carbonyl (C=O) groups is 1. The molecule has 1 saturated heterocycles. The number of aromatic nitrogens is 1. The molecule has 3 rings (SSSR count). The minimum absolute atomic E-state index is 0.000767. The lowest BCUT2D eigenvalue weighted by Crippen LogP contribution is -2.44. The second-order valence-electron chi connectivity index (χ2n) is 5.41. The lowest BCUT2D eigenvalue weighted by atomic mass is 10.1. The highest BCUT2D eigenvalue weighted by molar-refractivity contribution is 5.82. The summed E-state index contributed by atoms with van der Waals surface area (Å²) in [5.41, 5.74) is 1.11. The molecule has 2 aliphatic rings. The van der Waals surface area contributed by atoms with Gasteiger partial charge in [0.2, 0.25) is 5.91 Å². The largest absolute Gasteiger partial charge is 0.337 e. The van der Waals surface area contributed by atoms with Gasteiger partial charge in [-0.2, -0.15) is 0 Å². The predicted octanol–water partition coefficient (Wildman–Crippen LogP) is 1.04. The first kappa shape index (κ1) is 11.7. The Morgan fingerprint density at radius 2 is 2.33 bits per heavy atom. The van der Waals surface area contributed by atoms with Crippen molar-refractivity contribution >= 4 is 5.91 Å². The van der Waals surface area contributed by atoms with E-state index in [-0.39, 0.29) is 11.9 Å². The Balaban J connectivity index is 1.75. The van der Waals surface area contributed by atoms with E-state index in [2.05, 4.69) is 10.3 Å². The van der Waals surface area contributed by atoms with Gasteiger partial charge < -0.3 is 10.2 Å². The maximum atomic E-state index is 12.4. The molecule has 4 nitrogen and oxygen atoms in total. The second kappa shape index (κ2) is 4.69. The molecule has 1 aromatic rings. The molecule has 0 bridgehead atoms. The monoisotopic (exact) mass is 245 g/mol. The molecule has 2 heterocycles. The van der Waals surface area contributed by atoms with Crippen LogP contribution >= 0.6 is 0 Å². The highest BCUT2D eigenvalue weighted by atomic mass is 16.2. The van der Waals surface area contributed by atoms with Gasteiger partial charge in [-0.15, -0.1) is 0 Å². The molecule has 0 radical (unpaired) electrons. The molecule has 1 aliphatic carbocycles. The topological polar surface area (TPSA) is 45.2 Å². The molecular formula is C14H19N3O. The molecule has 1 N–H and O–H groups in total. The van der Waals surface area contributed by atoms with Crippen molar-refractivity contribution in [3.8, 4) is 0 Å². The average Bonchev–Trinajstić information content (AvgIpc) is 3.14. The molecule has 96 valence electrons. The molecule has 2 fully saturated rings. The number of pyridine rings is 1. The fourth-order valence-electron chi connectivity index (χ4n) is 2.92. The van der Waals surface area contributed by atoms with Gasteiger partial charge in [-0.05, 0) is 43.4 Å². The molecule has 1 aliphatic heterocycles. The van der Waals surface area contributed by atoms with Crippen LogP contribution in [0.5, 0.6) is 0 Å². The number of carbonyl (C=O) groups excluding carboxylic acids is 1. The number of hydrogen-bond donors (Lipinski definition) is 1. The number of rotatable bonds is 3. The van der Waals surface area contributed by atoms with E-state index in [4.69, 9.17) is 0 Å². The van der Waals surface area contributed by atoms with Crippen LogP contribution in [0, 0.1) is 11.8 Å². The van der Waals surface area contributed by atoms with Crippen molar-refractivity contribution < 1.29 is 4.79 Å². The van der Waals surface area contributed by atoms with Crippen LogP contribution in [-0.4, -0.2) is 35.4 Å². The number of fused-ring (bicyclic) bond motifs is 1. The zero-order valence-corrected chi connectivity index (χ0v) is 10.7. The summed E-state index contributed by atoms with van der Waals surface area (Å²) in [4.78, 5) is 18.5. The standard InChI is InChI=1S/C14H19N3O/c1-15-13-6-11-5-12(11)9-17(14(13)18)8-10-3-2-4-16-7-10/h2-4,7,11-13,15H,5-6,8-9H2,1H3. The summed E-state index contributed by atoms with van der Waals surface area (Å²) in [5.74, 6) is 1.72. The highest BCUT2D eigenvalue weighted by Gasteiger charge is 2.45. The molecular weight excluding hydrogens is 226 g/mol. The number of nitrogens with one attached hydrogen (secondary N) is 1. The highest BCUT2D eigenvalue weighted by Crippen LogP contribution is 2.44. The Kier molecular flexibility index (Phi) is 3.04. The van der Waals surface area contributed by atoms with E-state index in [9.17, 15) is 4.79 Å². The number of hydrogen-bond acceptors (Lipinski definition) is 3. The van der Waals surface area contributed by atoms with E-state index in [1.54, 1.807) is 6.20 Å². The molecule has 1 aromatic heterocycles. The zero-order chi connectivity index (χ0) is 12.5. The van der Waals surface area contributed by atoms with Crippen LogP contribution in [0.25, 0.3) is 0 Å². The summed E-state index contributed by atoms with van der Waals surface area (Å²) >= 11 is 0. The third-order valence-electron chi connectivity index (χ3n) is 4.12. The molecule has 4 heteroatoms.